The van der Waals surface area contributed by atoms with Gasteiger partial charge in [0, 0.05) is 11.6 Å². The number of carbonyl (C=O) groups excluding carboxylic acids is 1. The van der Waals surface area contributed by atoms with E-state index in [-0.39, 0.29) is 11.7 Å². The van der Waals surface area contributed by atoms with E-state index >= 15 is 0 Å². The smallest absolute Gasteiger partial charge is 0.255 e. The lowest BCUT2D eigenvalue weighted by atomic mass is 10.2. The number of hydrogen-bond donors (Lipinski definition) is 4. The summed E-state index contributed by atoms with van der Waals surface area (Å²) in [5, 5.41) is 12.4. The largest absolute Gasteiger partial charge is 0.506 e. The maximum Gasteiger partial charge on any atom is 0.255 e. The molecule has 0 aromatic heterocycles. The molecule has 0 unspecified atom stereocenters. The molecule has 0 bridgehead atoms. The Hall–Kier alpha value is -2.73. The molecule has 0 aliphatic heterocycles. The topological polar surface area (TPSA) is 96.6 Å². The summed E-state index contributed by atoms with van der Waals surface area (Å²) in [4.78, 5) is 12.1. The normalized spacial score (nSPS) is 10.0. The van der Waals surface area contributed by atoms with Crippen LogP contribution in [-0.2, 0) is 0 Å². The first kappa shape index (κ1) is 14.7. The fraction of sp³-hybridized carbons (Fsp3) is 0.133. The van der Waals surface area contributed by atoms with Crippen molar-refractivity contribution in [1.29, 1.82) is 0 Å². The first-order valence-electron chi connectivity index (χ1n) is 6.48. The molecule has 2 aromatic rings. The molecule has 0 aliphatic rings. The van der Waals surface area contributed by atoms with Crippen LogP contribution in [0.2, 0.25) is 0 Å². The number of anilines is 2. The molecular formula is C15H17N3O3. The van der Waals surface area contributed by atoms with Gasteiger partial charge in [0.05, 0.1) is 18.0 Å². The highest BCUT2D eigenvalue weighted by atomic mass is 16.5. The van der Waals surface area contributed by atoms with Gasteiger partial charge in [-0.15, -0.1) is 0 Å². The van der Waals surface area contributed by atoms with Crippen LogP contribution >= 0.6 is 0 Å². The van der Waals surface area contributed by atoms with E-state index in [1.54, 1.807) is 36.4 Å². The fourth-order valence-corrected chi connectivity index (χ4v) is 1.79. The van der Waals surface area contributed by atoms with Gasteiger partial charge in [0.15, 0.2) is 0 Å². The average Bonchev–Trinajstić information content (AvgIpc) is 2.50. The maximum atomic E-state index is 12.1. The Bertz CT molecular complexity index is 627. The molecule has 2 aromatic carbocycles. The highest BCUT2D eigenvalue weighted by molar-refractivity contribution is 6.05. The van der Waals surface area contributed by atoms with Crippen LogP contribution in [0.15, 0.2) is 42.5 Å². The third kappa shape index (κ3) is 3.64. The maximum absolute atomic E-state index is 12.1. The van der Waals surface area contributed by atoms with Gasteiger partial charge in [0.2, 0.25) is 0 Å². The minimum atomic E-state index is -0.318. The number of hydrogen-bond acceptors (Lipinski definition) is 5. The summed E-state index contributed by atoms with van der Waals surface area (Å²) >= 11 is 0. The van der Waals surface area contributed by atoms with E-state index in [1.165, 1.54) is 6.07 Å². The molecule has 0 aliphatic carbocycles. The number of amides is 1. The van der Waals surface area contributed by atoms with Gasteiger partial charge in [0.25, 0.3) is 5.91 Å². The number of phenolic OH excluding ortho intramolecular Hbond substituents is 1. The van der Waals surface area contributed by atoms with Crippen LogP contribution in [0.1, 0.15) is 17.3 Å². The van der Waals surface area contributed by atoms with Crippen LogP contribution in [-0.4, -0.2) is 17.6 Å². The molecule has 6 heteroatoms. The van der Waals surface area contributed by atoms with E-state index in [0.717, 1.165) is 0 Å². The van der Waals surface area contributed by atoms with Crippen molar-refractivity contribution < 1.29 is 14.6 Å². The summed E-state index contributed by atoms with van der Waals surface area (Å²) in [6.07, 6.45) is 0. The number of nitrogen functional groups attached to an aromatic ring is 1. The molecular weight excluding hydrogens is 270 g/mol. The molecule has 0 radical (unpaired) electrons. The lowest BCUT2D eigenvalue weighted by Crippen LogP contribution is -2.12. The lowest BCUT2D eigenvalue weighted by Gasteiger charge is -2.09. The Kier molecular flexibility index (Phi) is 4.63. The number of hydrazine groups is 1. The van der Waals surface area contributed by atoms with Crippen LogP contribution in [0.4, 0.5) is 11.4 Å². The number of ether oxygens (including phenoxy) is 1. The predicted molar refractivity (Wildman–Crippen MR) is 81.5 cm³/mol. The van der Waals surface area contributed by atoms with Crippen LogP contribution in [0.25, 0.3) is 0 Å². The van der Waals surface area contributed by atoms with E-state index in [9.17, 15) is 9.90 Å². The zero-order valence-electron chi connectivity index (χ0n) is 11.6. The summed E-state index contributed by atoms with van der Waals surface area (Å²) < 4.78 is 5.31. The van der Waals surface area contributed by atoms with Crippen molar-refractivity contribution in [3.8, 4) is 11.5 Å². The van der Waals surface area contributed by atoms with Gasteiger partial charge in [-0.3, -0.25) is 10.6 Å². The van der Waals surface area contributed by atoms with Gasteiger partial charge in [-0.2, -0.15) is 0 Å². The Morgan fingerprint density at radius 3 is 2.52 bits per heavy atom. The van der Waals surface area contributed by atoms with Crippen molar-refractivity contribution in [2.24, 2.45) is 5.84 Å². The number of nitrogens with two attached hydrogens (primary N) is 1. The van der Waals surface area contributed by atoms with E-state index in [1.807, 2.05) is 6.92 Å². The molecule has 21 heavy (non-hydrogen) atoms. The van der Waals surface area contributed by atoms with Crippen molar-refractivity contribution in [2.75, 3.05) is 17.3 Å². The SMILES string of the molecule is CCOc1ccc(C(=O)Nc2ccc(NN)cc2O)cc1. The van der Waals surface area contributed by atoms with Crippen molar-refractivity contribution in [3.63, 3.8) is 0 Å². The molecule has 2 rings (SSSR count). The second kappa shape index (κ2) is 6.62. The zero-order valence-corrected chi connectivity index (χ0v) is 11.6. The number of phenols is 1. The highest BCUT2D eigenvalue weighted by Crippen LogP contribution is 2.26. The van der Waals surface area contributed by atoms with Crippen molar-refractivity contribution in [2.45, 2.75) is 6.92 Å². The van der Waals surface area contributed by atoms with Crippen LogP contribution < -0.4 is 21.3 Å². The Morgan fingerprint density at radius 2 is 1.95 bits per heavy atom. The summed E-state index contributed by atoms with van der Waals surface area (Å²) in [6.45, 7) is 2.46. The summed E-state index contributed by atoms with van der Waals surface area (Å²) in [7, 11) is 0. The predicted octanol–water partition coefficient (Wildman–Crippen LogP) is 2.33. The fourth-order valence-electron chi connectivity index (χ4n) is 1.79. The summed E-state index contributed by atoms with van der Waals surface area (Å²) in [6, 6.07) is 11.4. The quantitative estimate of drug-likeness (QED) is 0.384. The van der Waals surface area contributed by atoms with Gasteiger partial charge in [0.1, 0.15) is 11.5 Å². The lowest BCUT2D eigenvalue weighted by molar-refractivity contribution is 0.102. The molecule has 5 N–H and O–H groups in total. The molecule has 110 valence electrons. The average molecular weight is 287 g/mol. The number of carbonyl (C=O) groups is 1. The number of rotatable bonds is 5. The number of aromatic hydroxyl groups is 1. The molecule has 0 spiro atoms. The summed E-state index contributed by atoms with van der Waals surface area (Å²) in [5.74, 6) is 5.56. The Balaban J connectivity index is 2.10. The minimum Gasteiger partial charge on any atom is -0.506 e. The molecule has 6 nitrogen and oxygen atoms in total. The van der Waals surface area contributed by atoms with Gasteiger partial charge in [-0.25, -0.2) is 0 Å². The van der Waals surface area contributed by atoms with Crippen molar-refractivity contribution >= 4 is 17.3 Å². The van der Waals surface area contributed by atoms with E-state index < -0.39 is 0 Å². The minimum absolute atomic E-state index is 0.0651. The molecule has 0 saturated heterocycles. The van der Waals surface area contributed by atoms with Crippen LogP contribution in [0.3, 0.4) is 0 Å². The van der Waals surface area contributed by atoms with Gasteiger partial charge in [-0.05, 0) is 43.3 Å². The number of nitrogens with one attached hydrogen (secondary N) is 2. The monoisotopic (exact) mass is 287 g/mol. The summed E-state index contributed by atoms with van der Waals surface area (Å²) in [5.41, 5.74) is 3.74. The third-order valence-electron chi connectivity index (χ3n) is 2.84. The van der Waals surface area contributed by atoms with Gasteiger partial charge >= 0.3 is 0 Å². The van der Waals surface area contributed by atoms with Crippen LogP contribution in [0.5, 0.6) is 11.5 Å². The second-order valence-electron chi connectivity index (χ2n) is 4.29. The highest BCUT2D eigenvalue weighted by Gasteiger charge is 2.09. The van der Waals surface area contributed by atoms with Crippen molar-refractivity contribution in [1.82, 2.24) is 0 Å². The molecule has 0 saturated carbocycles. The van der Waals surface area contributed by atoms with Crippen molar-refractivity contribution in [3.05, 3.63) is 48.0 Å². The standard InChI is InChI=1S/C15H17N3O3/c1-2-21-12-6-3-10(4-7-12)15(20)17-13-8-5-11(18-16)9-14(13)19/h3-9,18-19H,2,16H2,1H3,(H,17,20). The van der Waals surface area contributed by atoms with Gasteiger partial charge in [-0.1, -0.05) is 0 Å². The third-order valence-corrected chi connectivity index (χ3v) is 2.84. The Morgan fingerprint density at radius 1 is 1.24 bits per heavy atom. The first-order chi connectivity index (χ1) is 10.1. The Labute approximate surface area is 122 Å². The molecule has 0 fully saturated rings. The van der Waals surface area contributed by atoms with Gasteiger partial charge < -0.3 is 20.6 Å². The molecule has 0 atom stereocenters. The zero-order chi connectivity index (χ0) is 15.2. The van der Waals surface area contributed by atoms with E-state index in [4.69, 9.17) is 10.6 Å². The molecule has 0 heterocycles. The molecule has 1 amide bonds. The van der Waals surface area contributed by atoms with Crippen LogP contribution in [0, 0.1) is 0 Å². The second-order valence-corrected chi connectivity index (χ2v) is 4.29. The number of benzene rings is 2. The van der Waals surface area contributed by atoms with E-state index in [0.29, 0.717) is 29.3 Å². The first-order valence-corrected chi connectivity index (χ1v) is 6.48. The van der Waals surface area contributed by atoms with E-state index in [2.05, 4.69) is 10.7 Å².